The fraction of sp³-hybridized carbons (Fsp3) is 0. The van der Waals surface area contributed by atoms with Gasteiger partial charge in [-0.25, -0.2) is 22.0 Å². The third-order valence-corrected chi connectivity index (χ3v) is 1.06. The summed E-state index contributed by atoms with van der Waals surface area (Å²) in [5.74, 6) is -9.65. The minimum absolute atomic E-state index is 0. The van der Waals surface area contributed by atoms with Crippen molar-refractivity contribution >= 4 is 29.6 Å². The van der Waals surface area contributed by atoms with E-state index in [9.17, 15) is 22.0 Å². The molecule has 12 heavy (non-hydrogen) atoms. The third kappa shape index (κ3) is 1.97. The Morgan fingerprint density at radius 3 is 1.33 bits per heavy atom. The Morgan fingerprint density at radius 2 is 1.00 bits per heavy atom. The smallest absolute Gasteiger partial charge is 0.200 e. The van der Waals surface area contributed by atoms with Crippen molar-refractivity contribution in [3.05, 3.63) is 35.2 Å². The van der Waals surface area contributed by atoms with E-state index in [0.29, 0.717) is 0 Å². The summed E-state index contributed by atoms with van der Waals surface area (Å²) < 4.78 is 60.0. The summed E-state index contributed by atoms with van der Waals surface area (Å²) >= 11 is 0. The van der Waals surface area contributed by atoms with Crippen LogP contribution in [-0.2, 0) is 0 Å². The minimum atomic E-state index is -2.14. The normalized spacial score (nSPS) is 9.42. The zero-order valence-corrected chi connectivity index (χ0v) is 7.97. The van der Waals surface area contributed by atoms with Crippen LogP contribution in [0.2, 0.25) is 0 Å². The van der Waals surface area contributed by atoms with E-state index in [-0.39, 0.29) is 35.6 Å². The molecule has 61 valence electrons. The van der Waals surface area contributed by atoms with Crippen molar-refractivity contribution in [3.63, 3.8) is 0 Å². The topological polar surface area (TPSA) is 0 Å². The van der Waals surface area contributed by atoms with Crippen molar-refractivity contribution in [3.8, 4) is 0 Å². The fourth-order valence-corrected chi connectivity index (χ4v) is 0.544. The summed E-state index contributed by atoms with van der Waals surface area (Å²) in [6.07, 6.45) is 0. The molecule has 0 heterocycles. The van der Waals surface area contributed by atoms with Gasteiger partial charge in [-0.2, -0.15) is 0 Å². The standard InChI is InChI=1S/C6HF5.Na/c7-2-1-3(8)5(10)6(11)4(2)9;/h1H;. The number of halogens is 5. The van der Waals surface area contributed by atoms with Gasteiger partial charge in [-0.1, -0.05) is 0 Å². The molecule has 6 heteroatoms. The van der Waals surface area contributed by atoms with Crippen LogP contribution >= 0.6 is 0 Å². The largest absolute Gasteiger partial charge is 0.204 e. The molecule has 0 spiro atoms. The van der Waals surface area contributed by atoms with Gasteiger partial charge in [-0.15, -0.1) is 0 Å². The van der Waals surface area contributed by atoms with E-state index in [1.807, 2.05) is 0 Å². The van der Waals surface area contributed by atoms with Crippen LogP contribution in [0.4, 0.5) is 22.0 Å². The van der Waals surface area contributed by atoms with Crippen LogP contribution in [0.25, 0.3) is 0 Å². The van der Waals surface area contributed by atoms with Crippen LogP contribution in [0.15, 0.2) is 6.07 Å². The molecule has 0 amide bonds. The van der Waals surface area contributed by atoms with Crippen molar-refractivity contribution in [2.45, 2.75) is 0 Å². The van der Waals surface area contributed by atoms with Crippen molar-refractivity contribution in [1.82, 2.24) is 0 Å². The van der Waals surface area contributed by atoms with Gasteiger partial charge >= 0.3 is 0 Å². The number of hydrogen-bond acceptors (Lipinski definition) is 0. The molecule has 0 aliphatic heterocycles. The molecule has 1 aromatic carbocycles. The fourth-order valence-electron chi connectivity index (χ4n) is 0.544. The molecule has 0 saturated heterocycles. The molecule has 0 aliphatic rings. The van der Waals surface area contributed by atoms with Gasteiger partial charge in [-0.05, 0) is 0 Å². The average Bonchev–Trinajstić information content (AvgIpc) is 1.97. The van der Waals surface area contributed by atoms with Gasteiger partial charge in [0.25, 0.3) is 0 Å². The van der Waals surface area contributed by atoms with Gasteiger partial charge in [0.15, 0.2) is 23.3 Å². The first-order valence-corrected chi connectivity index (χ1v) is 2.52. The van der Waals surface area contributed by atoms with Crippen LogP contribution < -0.4 is 0 Å². The maximum absolute atomic E-state index is 12.0. The molecule has 0 bridgehead atoms. The van der Waals surface area contributed by atoms with Gasteiger partial charge in [0.05, 0.1) is 0 Å². The molecule has 0 N–H and O–H groups in total. The first kappa shape index (κ1) is 11.9. The van der Waals surface area contributed by atoms with E-state index in [2.05, 4.69) is 0 Å². The summed E-state index contributed by atoms with van der Waals surface area (Å²) in [4.78, 5) is 0. The van der Waals surface area contributed by atoms with Gasteiger partial charge in [-0.3, -0.25) is 0 Å². The Kier molecular flexibility index (Phi) is 4.16. The maximum Gasteiger partial charge on any atom is 0.200 e. The zero-order valence-electron chi connectivity index (χ0n) is 5.97. The van der Waals surface area contributed by atoms with Crippen LogP contribution in [-0.4, -0.2) is 29.6 Å². The molecular weight excluding hydrogens is 190 g/mol. The number of hydrogen-bond donors (Lipinski definition) is 0. The van der Waals surface area contributed by atoms with Crippen LogP contribution in [0.3, 0.4) is 0 Å². The van der Waals surface area contributed by atoms with Crippen LogP contribution in [0, 0.1) is 29.1 Å². The number of benzene rings is 1. The van der Waals surface area contributed by atoms with Crippen molar-refractivity contribution in [1.29, 1.82) is 0 Å². The first-order valence-electron chi connectivity index (χ1n) is 2.52. The monoisotopic (exact) mass is 191 g/mol. The molecule has 1 radical (unpaired) electrons. The summed E-state index contributed by atoms with van der Waals surface area (Å²) in [5.41, 5.74) is 0. The Balaban J connectivity index is 0.00000121. The minimum Gasteiger partial charge on any atom is -0.204 e. The first-order chi connectivity index (χ1) is 5.04. The predicted octanol–water partition coefficient (Wildman–Crippen LogP) is 2.00. The zero-order chi connectivity index (χ0) is 8.59. The second-order valence-corrected chi connectivity index (χ2v) is 1.78. The molecular formula is C6HF5Na. The Hall–Kier alpha value is -0.130. The molecule has 1 rings (SSSR count). The molecule has 0 fully saturated rings. The summed E-state index contributed by atoms with van der Waals surface area (Å²) in [7, 11) is 0. The molecule has 0 aliphatic carbocycles. The van der Waals surface area contributed by atoms with Crippen molar-refractivity contribution < 1.29 is 22.0 Å². The van der Waals surface area contributed by atoms with E-state index in [0.717, 1.165) is 0 Å². The van der Waals surface area contributed by atoms with Crippen LogP contribution in [0.1, 0.15) is 0 Å². The molecule has 0 atom stereocenters. The third-order valence-electron chi connectivity index (χ3n) is 1.06. The molecule has 0 aromatic heterocycles. The summed E-state index contributed by atoms with van der Waals surface area (Å²) in [5, 5.41) is 0. The quantitative estimate of drug-likeness (QED) is 0.254. The molecule has 0 saturated carbocycles. The second kappa shape index (κ2) is 4.20. The van der Waals surface area contributed by atoms with E-state index in [4.69, 9.17) is 0 Å². The summed E-state index contributed by atoms with van der Waals surface area (Å²) in [6, 6.07) is -0.0618. The molecule has 0 nitrogen and oxygen atoms in total. The van der Waals surface area contributed by atoms with Crippen molar-refractivity contribution in [2.75, 3.05) is 0 Å². The molecule has 1 aromatic rings. The summed E-state index contributed by atoms with van der Waals surface area (Å²) in [6.45, 7) is 0. The van der Waals surface area contributed by atoms with Gasteiger partial charge in [0, 0.05) is 35.6 Å². The van der Waals surface area contributed by atoms with Gasteiger partial charge in [0.1, 0.15) is 0 Å². The maximum atomic E-state index is 12.0. The predicted molar refractivity (Wildman–Crippen MR) is 32.0 cm³/mol. The van der Waals surface area contributed by atoms with Gasteiger partial charge in [0.2, 0.25) is 5.82 Å². The van der Waals surface area contributed by atoms with Crippen LogP contribution in [0.5, 0.6) is 0 Å². The Bertz CT molecular complexity index is 272. The average molecular weight is 191 g/mol. The van der Waals surface area contributed by atoms with Crippen molar-refractivity contribution in [2.24, 2.45) is 0 Å². The van der Waals surface area contributed by atoms with Gasteiger partial charge < -0.3 is 0 Å². The Morgan fingerprint density at radius 1 is 0.667 bits per heavy atom. The SMILES string of the molecule is Fc1cc(F)c(F)c(F)c1F.[Na]. The second-order valence-electron chi connectivity index (χ2n) is 1.78. The van der Waals surface area contributed by atoms with E-state index < -0.39 is 29.1 Å². The Labute approximate surface area is 86.7 Å². The van der Waals surface area contributed by atoms with E-state index in [1.165, 1.54) is 0 Å². The van der Waals surface area contributed by atoms with E-state index >= 15 is 0 Å². The number of rotatable bonds is 0. The van der Waals surface area contributed by atoms with E-state index in [1.54, 1.807) is 0 Å². The molecule has 0 unspecified atom stereocenters.